The Bertz CT molecular complexity index is 1260. The van der Waals surface area contributed by atoms with Gasteiger partial charge in [-0.25, -0.2) is 4.79 Å². The summed E-state index contributed by atoms with van der Waals surface area (Å²) < 4.78 is 15.8. The van der Waals surface area contributed by atoms with Gasteiger partial charge in [-0.2, -0.15) is 0 Å². The van der Waals surface area contributed by atoms with Crippen molar-refractivity contribution in [2.24, 2.45) is 5.92 Å². The Kier molecular flexibility index (Phi) is 7.25. The van der Waals surface area contributed by atoms with Crippen LogP contribution in [0.25, 0.3) is 0 Å². The zero-order chi connectivity index (χ0) is 26.9. The number of ether oxygens (including phenoxy) is 3. The number of likely N-dealkylation sites (tertiary alicyclic amines) is 1. The van der Waals surface area contributed by atoms with Gasteiger partial charge >= 0.3 is 17.9 Å². The van der Waals surface area contributed by atoms with Gasteiger partial charge < -0.3 is 19.5 Å². The normalized spacial score (nSPS) is 24.5. The zero-order valence-electron chi connectivity index (χ0n) is 22.1. The van der Waals surface area contributed by atoms with Gasteiger partial charge in [-0.3, -0.25) is 14.5 Å². The van der Waals surface area contributed by atoms with Crippen LogP contribution in [0.3, 0.4) is 0 Å². The van der Waals surface area contributed by atoms with Crippen molar-refractivity contribution < 1.29 is 28.6 Å². The molecule has 0 radical (unpaired) electrons. The van der Waals surface area contributed by atoms with Crippen molar-refractivity contribution in [3.05, 3.63) is 77.0 Å². The van der Waals surface area contributed by atoms with Gasteiger partial charge in [0.25, 0.3) is 0 Å². The Labute approximate surface area is 222 Å². The Balaban J connectivity index is 1.61. The largest absolute Gasteiger partial charge is 0.469 e. The van der Waals surface area contributed by atoms with E-state index in [2.05, 4.69) is 34.5 Å². The molecule has 1 fully saturated rings. The third-order valence-corrected chi connectivity index (χ3v) is 8.20. The fourth-order valence-electron chi connectivity index (χ4n) is 6.90. The predicted molar refractivity (Wildman–Crippen MR) is 141 cm³/mol. The Morgan fingerprint density at radius 2 is 1.79 bits per heavy atom. The monoisotopic (exact) mass is 518 g/mol. The number of esters is 3. The van der Waals surface area contributed by atoms with Crippen molar-refractivity contribution in [1.29, 1.82) is 0 Å². The van der Waals surface area contributed by atoms with Gasteiger partial charge in [0, 0.05) is 37.4 Å². The first-order chi connectivity index (χ1) is 18.4. The molecule has 200 valence electrons. The molecule has 5 rings (SSSR count). The molecule has 1 unspecified atom stereocenters. The molecule has 8 nitrogen and oxygen atoms in total. The highest BCUT2D eigenvalue weighted by Crippen LogP contribution is 2.59. The molecule has 4 atom stereocenters. The second-order valence-corrected chi connectivity index (χ2v) is 10.3. The van der Waals surface area contributed by atoms with Gasteiger partial charge in [0.1, 0.15) is 6.10 Å². The molecule has 3 aliphatic rings. The molecule has 2 aromatic rings. The van der Waals surface area contributed by atoms with Gasteiger partial charge in [-0.15, -0.1) is 0 Å². The predicted octanol–water partition coefficient (Wildman–Crippen LogP) is 3.96. The Morgan fingerprint density at radius 1 is 1.05 bits per heavy atom. The van der Waals surface area contributed by atoms with E-state index in [-0.39, 0.29) is 24.3 Å². The van der Waals surface area contributed by atoms with Gasteiger partial charge in [-0.1, -0.05) is 48.5 Å². The number of fused-ring (bicyclic) bond motifs is 1. The maximum absolute atomic E-state index is 13.2. The van der Waals surface area contributed by atoms with Crippen LogP contribution in [0, 0.1) is 5.92 Å². The molecule has 38 heavy (non-hydrogen) atoms. The summed E-state index contributed by atoms with van der Waals surface area (Å²) in [5, 5.41) is 3.59. The van der Waals surface area contributed by atoms with Gasteiger partial charge in [0.15, 0.2) is 0 Å². The fourth-order valence-corrected chi connectivity index (χ4v) is 6.90. The van der Waals surface area contributed by atoms with E-state index in [0.717, 1.165) is 30.9 Å². The highest BCUT2D eigenvalue weighted by Gasteiger charge is 2.61. The number of nitrogens with zero attached hydrogens (tertiary/aromatic N) is 1. The standard InChI is InChI=1S/C30H34N2O6/c1-19(33)38-22(17-26(34)36-2)15-21-16-23(29(35)37-3)27-30(24-11-7-8-12-25(24)31-27)13-14-32(28(21)30)18-20-9-5-4-6-10-20/h4-12,21-22,28,31H,13-18H2,1-3H3/t21-,22?,28-,30-/m1/s1. The number of anilines is 1. The molecule has 1 N–H and O–H groups in total. The Morgan fingerprint density at radius 3 is 2.50 bits per heavy atom. The van der Waals surface area contributed by atoms with E-state index in [4.69, 9.17) is 14.2 Å². The molecule has 0 saturated carbocycles. The number of nitrogens with one attached hydrogen (secondary N) is 1. The third-order valence-electron chi connectivity index (χ3n) is 8.20. The number of hydrogen-bond acceptors (Lipinski definition) is 8. The van der Waals surface area contributed by atoms with Crippen molar-refractivity contribution >= 4 is 23.6 Å². The van der Waals surface area contributed by atoms with Crippen LogP contribution in [0.5, 0.6) is 0 Å². The maximum atomic E-state index is 13.2. The van der Waals surface area contributed by atoms with Crippen LogP contribution in [-0.4, -0.2) is 55.7 Å². The van der Waals surface area contributed by atoms with E-state index in [9.17, 15) is 14.4 Å². The van der Waals surface area contributed by atoms with E-state index < -0.39 is 23.5 Å². The molecule has 1 aliphatic carbocycles. The number of rotatable bonds is 8. The van der Waals surface area contributed by atoms with Crippen molar-refractivity contribution in [3.63, 3.8) is 0 Å². The zero-order valence-corrected chi connectivity index (χ0v) is 22.1. The lowest BCUT2D eigenvalue weighted by atomic mass is 9.62. The molecule has 0 bridgehead atoms. The summed E-state index contributed by atoms with van der Waals surface area (Å²) in [4.78, 5) is 39.9. The number of para-hydroxylation sites is 1. The summed E-state index contributed by atoms with van der Waals surface area (Å²) >= 11 is 0. The molecule has 0 amide bonds. The van der Waals surface area contributed by atoms with Crippen LogP contribution in [0.15, 0.2) is 65.9 Å². The van der Waals surface area contributed by atoms with Crippen LogP contribution < -0.4 is 5.32 Å². The Hall–Kier alpha value is -3.65. The minimum Gasteiger partial charge on any atom is -0.469 e. The summed E-state index contributed by atoms with van der Waals surface area (Å²) in [6, 6.07) is 18.6. The second kappa shape index (κ2) is 10.6. The first-order valence-electron chi connectivity index (χ1n) is 13.1. The van der Waals surface area contributed by atoms with Gasteiger partial charge in [0.05, 0.1) is 31.6 Å². The summed E-state index contributed by atoms with van der Waals surface area (Å²) in [6.45, 7) is 2.93. The summed E-state index contributed by atoms with van der Waals surface area (Å²) in [5.41, 5.74) is 4.47. The number of methoxy groups -OCH3 is 2. The van der Waals surface area contributed by atoms with Crippen molar-refractivity contribution in [2.75, 3.05) is 26.1 Å². The van der Waals surface area contributed by atoms with Gasteiger partial charge in [0.2, 0.25) is 0 Å². The van der Waals surface area contributed by atoms with Crippen molar-refractivity contribution in [1.82, 2.24) is 4.90 Å². The lowest BCUT2D eigenvalue weighted by Crippen LogP contribution is -2.52. The highest BCUT2D eigenvalue weighted by molar-refractivity contribution is 5.93. The second-order valence-electron chi connectivity index (χ2n) is 10.3. The van der Waals surface area contributed by atoms with E-state index in [0.29, 0.717) is 18.4 Å². The van der Waals surface area contributed by atoms with Crippen LogP contribution in [0.2, 0.25) is 0 Å². The van der Waals surface area contributed by atoms with E-state index in [1.807, 2.05) is 30.3 Å². The van der Waals surface area contributed by atoms with Crippen LogP contribution in [0.4, 0.5) is 5.69 Å². The quantitative estimate of drug-likeness (QED) is 0.415. The molecule has 0 aromatic heterocycles. The lowest BCUT2D eigenvalue weighted by molar-refractivity contribution is -0.153. The minimum atomic E-state index is -0.661. The summed E-state index contributed by atoms with van der Waals surface area (Å²) in [5.74, 6) is -1.33. The van der Waals surface area contributed by atoms with Crippen LogP contribution in [-0.2, 0) is 40.6 Å². The minimum absolute atomic E-state index is 0.0120. The number of carbonyl (C=O) groups is 3. The SMILES string of the molecule is COC(=O)CC(C[C@@H]1CC(C(=O)OC)=C2Nc3ccccc3[C@]23CCN(Cc2ccccc2)[C@H]13)OC(C)=O. The first kappa shape index (κ1) is 26.0. The lowest BCUT2D eigenvalue weighted by Gasteiger charge is -2.46. The van der Waals surface area contributed by atoms with Crippen LogP contribution >= 0.6 is 0 Å². The topological polar surface area (TPSA) is 94.2 Å². The van der Waals surface area contributed by atoms with E-state index in [1.54, 1.807) is 0 Å². The number of hydrogen-bond donors (Lipinski definition) is 1. The van der Waals surface area contributed by atoms with Crippen LogP contribution in [0.1, 0.15) is 43.7 Å². The highest BCUT2D eigenvalue weighted by atomic mass is 16.6. The third kappa shape index (κ3) is 4.58. The molecule has 1 spiro atoms. The maximum Gasteiger partial charge on any atom is 0.335 e. The molecule has 2 heterocycles. The van der Waals surface area contributed by atoms with E-state index >= 15 is 0 Å². The average molecular weight is 519 g/mol. The number of benzene rings is 2. The summed E-state index contributed by atoms with van der Waals surface area (Å²) in [6.07, 6.45) is 0.994. The smallest absolute Gasteiger partial charge is 0.335 e. The summed E-state index contributed by atoms with van der Waals surface area (Å²) in [7, 11) is 2.73. The molecule has 2 aliphatic heterocycles. The first-order valence-corrected chi connectivity index (χ1v) is 13.1. The van der Waals surface area contributed by atoms with Crippen molar-refractivity contribution in [2.45, 2.75) is 56.7 Å². The molecular weight excluding hydrogens is 484 g/mol. The average Bonchev–Trinajstić information content (AvgIpc) is 3.46. The van der Waals surface area contributed by atoms with Gasteiger partial charge in [-0.05, 0) is 42.4 Å². The molecule has 2 aromatic carbocycles. The van der Waals surface area contributed by atoms with E-state index in [1.165, 1.54) is 32.3 Å². The molecule has 8 heteroatoms. The van der Waals surface area contributed by atoms with Crippen molar-refractivity contribution in [3.8, 4) is 0 Å². The fraction of sp³-hybridized carbons (Fsp3) is 0.433. The molecular formula is C30H34N2O6. The number of carbonyl (C=O) groups excluding carboxylic acids is 3. The molecule has 1 saturated heterocycles.